The van der Waals surface area contributed by atoms with Crippen LogP contribution in [0.2, 0.25) is 0 Å². The van der Waals surface area contributed by atoms with Gasteiger partial charge in [-0.3, -0.25) is 9.59 Å². The molecule has 1 amide bonds. The summed E-state index contributed by atoms with van der Waals surface area (Å²) in [4.78, 5) is 30.5. The van der Waals surface area contributed by atoms with Gasteiger partial charge in [-0.1, -0.05) is 36.4 Å². The van der Waals surface area contributed by atoms with Gasteiger partial charge in [0, 0.05) is 5.69 Å². The number of fused-ring (bicyclic) bond motifs is 3. The Kier molecular flexibility index (Phi) is 2.81. The van der Waals surface area contributed by atoms with E-state index in [0.717, 1.165) is 11.3 Å². The molecule has 5 heteroatoms. The van der Waals surface area contributed by atoms with Crippen LogP contribution in [0.25, 0.3) is 33.2 Å². The molecular formula is C18H13N3O2. The molecule has 0 bridgehead atoms. The zero-order valence-electron chi connectivity index (χ0n) is 12.1. The van der Waals surface area contributed by atoms with Crippen LogP contribution in [0, 0.1) is 0 Å². The number of benzene rings is 2. The Balaban J connectivity index is 2.18. The standard InChI is InChI=1S/C18H13N3O2/c19-18(23)11-9-13(10-5-2-1-3-6-10)21-17-15-12(20-16(11)17)7-4-8-14(15)22/h1-9,20-21H,(H2,19,23). The molecule has 23 heavy (non-hydrogen) atoms. The van der Waals surface area contributed by atoms with Crippen molar-refractivity contribution in [3.05, 3.63) is 70.4 Å². The Morgan fingerprint density at radius 3 is 2.43 bits per heavy atom. The maximum atomic E-state index is 12.2. The Labute approximate surface area is 130 Å². The molecule has 0 aliphatic carbocycles. The van der Waals surface area contributed by atoms with E-state index in [1.165, 1.54) is 6.07 Å². The Bertz CT molecular complexity index is 1110. The minimum absolute atomic E-state index is 0.106. The number of pyridine rings is 1. The molecule has 0 saturated heterocycles. The molecule has 4 aromatic rings. The zero-order chi connectivity index (χ0) is 16.0. The number of nitrogens with one attached hydrogen (secondary N) is 2. The average Bonchev–Trinajstić information content (AvgIpc) is 2.94. The predicted octanol–water partition coefficient (Wildman–Crippen LogP) is 2.78. The molecule has 0 atom stereocenters. The minimum Gasteiger partial charge on any atom is -0.366 e. The van der Waals surface area contributed by atoms with Gasteiger partial charge in [-0.15, -0.1) is 0 Å². The number of primary amides is 1. The van der Waals surface area contributed by atoms with Crippen LogP contribution < -0.4 is 11.2 Å². The fraction of sp³-hybridized carbons (Fsp3) is 0. The van der Waals surface area contributed by atoms with Gasteiger partial charge in [0.15, 0.2) is 5.43 Å². The topological polar surface area (TPSA) is 91.7 Å². The largest absolute Gasteiger partial charge is 0.366 e. The van der Waals surface area contributed by atoms with Gasteiger partial charge in [0.05, 0.1) is 27.5 Å². The summed E-state index contributed by atoms with van der Waals surface area (Å²) in [5.74, 6) is -0.541. The Morgan fingerprint density at radius 1 is 0.913 bits per heavy atom. The minimum atomic E-state index is -0.541. The second kappa shape index (κ2) is 4.84. The van der Waals surface area contributed by atoms with E-state index in [9.17, 15) is 9.59 Å². The van der Waals surface area contributed by atoms with Gasteiger partial charge >= 0.3 is 0 Å². The van der Waals surface area contributed by atoms with Crippen molar-refractivity contribution < 1.29 is 4.79 Å². The van der Waals surface area contributed by atoms with Gasteiger partial charge in [0.2, 0.25) is 0 Å². The molecule has 0 unspecified atom stereocenters. The number of carbonyl (C=O) groups excluding carboxylic acids is 1. The van der Waals surface area contributed by atoms with Crippen LogP contribution in [0.15, 0.2) is 59.4 Å². The molecule has 0 radical (unpaired) electrons. The molecule has 0 fully saturated rings. The summed E-state index contributed by atoms with van der Waals surface area (Å²) in [6, 6.07) is 16.3. The third-order valence-electron chi connectivity index (χ3n) is 3.95. The smallest absolute Gasteiger partial charge is 0.250 e. The quantitative estimate of drug-likeness (QED) is 0.531. The molecule has 0 aliphatic rings. The molecule has 5 nitrogen and oxygen atoms in total. The van der Waals surface area contributed by atoms with Crippen LogP contribution >= 0.6 is 0 Å². The van der Waals surface area contributed by atoms with E-state index in [0.29, 0.717) is 27.5 Å². The van der Waals surface area contributed by atoms with Crippen molar-refractivity contribution in [3.63, 3.8) is 0 Å². The lowest BCUT2D eigenvalue weighted by Crippen LogP contribution is -2.12. The Hall–Kier alpha value is -3.34. The van der Waals surface area contributed by atoms with Gasteiger partial charge in [0.25, 0.3) is 5.91 Å². The van der Waals surface area contributed by atoms with E-state index in [2.05, 4.69) is 9.97 Å². The van der Waals surface area contributed by atoms with Crippen molar-refractivity contribution >= 4 is 27.8 Å². The number of rotatable bonds is 2. The van der Waals surface area contributed by atoms with Crippen molar-refractivity contribution in [2.45, 2.75) is 0 Å². The monoisotopic (exact) mass is 303 g/mol. The SMILES string of the molecule is NC(=O)c1cc(-c2ccccc2)[nH]c2c1[nH]c1cccc(=O)c12. The number of amides is 1. The average molecular weight is 303 g/mol. The van der Waals surface area contributed by atoms with Crippen molar-refractivity contribution in [1.82, 2.24) is 9.97 Å². The number of hydrogen-bond acceptors (Lipinski definition) is 2. The highest BCUT2D eigenvalue weighted by Crippen LogP contribution is 2.28. The van der Waals surface area contributed by atoms with Gasteiger partial charge in [-0.05, 0) is 23.8 Å². The number of aromatic nitrogens is 2. The molecule has 0 saturated carbocycles. The lowest BCUT2D eigenvalue weighted by molar-refractivity contribution is 0.100. The maximum Gasteiger partial charge on any atom is 0.250 e. The lowest BCUT2D eigenvalue weighted by Gasteiger charge is -2.06. The summed E-state index contributed by atoms with van der Waals surface area (Å²) >= 11 is 0. The molecule has 4 rings (SSSR count). The van der Waals surface area contributed by atoms with Crippen molar-refractivity contribution in [2.75, 3.05) is 0 Å². The molecule has 2 heterocycles. The third kappa shape index (κ3) is 2.02. The normalized spacial score (nSPS) is 11.1. The maximum absolute atomic E-state index is 12.2. The van der Waals surface area contributed by atoms with Crippen LogP contribution in [-0.4, -0.2) is 15.9 Å². The molecular weight excluding hydrogens is 290 g/mol. The number of hydrogen-bond donors (Lipinski definition) is 3. The first-order chi connectivity index (χ1) is 11.1. The highest BCUT2D eigenvalue weighted by molar-refractivity contribution is 6.13. The number of aromatic amines is 2. The summed E-state index contributed by atoms with van der Waals surface area (Å²) < 4.78 is 0. The van der Waals surface area contributed by atoms with E-state index < -0.39 is 5.91 Å². The van der Waals surface area contributed by atoms with Crippen LogP contribution in [-0.2, 0) is 0 Å². The second-order valence-corrected chi connectivity index (χ2v) is 5.38. The summed E-state index contributed by atoms with van der Waals surface area (Å²) in [7, 11) is 0. The highest BCUT2D eigenvalue weighted by atomic mass is 16.1. The fourth-order valence-corrected chi connectivity index (χ4v) is 2.90. The highest BCUT2D eigenvalue weighted by Gasteiger charge is 2.16. The van der Waals surface area contributed by atoms with E-state index in [-0.39, 0.29) is 5.43 Å². The number of carbonyl (C=O) groups is 1. The first-order valence-corrected chi connectivity index (χ1v) is 7.18. The van der Waals surface area contributed by atoms with Gasteiger partial charge in [-0.2, -0.15) is 0 Å². The van der Waals surface area contributed by atoms with Crippen molar-refractivity contribution in [1.29, 1.82) is 0 Å². The summed E-state index contributed by atoms with van der Waals surface area (Å²) in [6.07, 6.45) is 0. The van der Waals surface area contributed by atoms with E-state index >= 15 is 0 Å². The molecule has 112 valence electrons. The third-order valence-corrected chi connectivity index (χ3v) is 3.95. The second-order valence-electron chi connectivity index (χ2n) is 5.38. The van der Waals surface area contributed by atoms with Crippen LogP contribution in [0.4, 0.5) is 0 Å². The fourth-order valence-electron chi connectivity index (χ4n) is 2.90. The zero-order valence-corrected chi connectivity index (χ0v) is 12.1. The van der Waals surface area contributed by atoms with E-state index in [1.54, 1.807) is 18.2 Å². The van der Waals surface area contributed by atoms with E-state index in [4.69, 9.17) is 5.73 Å². The first-order valence-electron chi connectivity index (χ1n) is 7.18. The van der Waals surface area contributed by atoms with Gasteiger partial charge in [0.1, 0.15) is 0 Å². The van der Waals surface area contributed by atoms with Crippen LogP contribution in [0.1, 0.15) is 10.4 Å². The van der Waals surface area contributed by atoms with E-state index in [1.807, 2.05) is 30.3 Å². The molecule has 2 aromatic heterocycles. The predicted molar refractivity (Wildman–Crippen MR) is 90.4 cm³/mol. The number of H-pyrrole nitrogens is 2. The first kappa shape index (κ1) is 13.3. The summed E-state index contributed by atoms with van der Waals surface area (Å²) in [5.41, 5.74) is 9.26. The van der Waals surface area contributed by atoms with Crippen LogP contribution in [0.3, 0.4) is 0 Å². The number of nitrogens with two attached hydrogens (primary N) is 1. The summed E-state index contributed by atoms with van der Waals surface area (Å²) in [5, 5.41) is 0.530. The van der Waals surface area contributed by atoms with Crippen LogP contribution in [0.5, 0.6) is 0 Å². The summed E-state index contributed by atoms with van der Waals surface area (Å²) in [6.45, 7) is 0. The van der Waals surface area contributed by atoms with Gasteiger partial charge < -0.3 is 15.7 Å². The Morgan fingerprint density at radius 2 is 1.70 bits per heavy atom. The van der Waals surface area contributed by atoms with Crippen molar-refractivity contribution in [3.8, 4) is 11.3 Å². The van der Waals surface area contributed by atoms with Gasteiger partial charge in [-0.25, -0.2) is 0 Å². The van der Waals surface area contributed by atoms with Crippen molar-refractivity contribution in [2.24, 2.45) is 5.73 Å². The lowest BCUT2D eigenvalue weighted by atomic mass is 10.1. The molecule has 2 aromatic carbocycles. The molecule has 4 N–H and O–H groups in total. The molecule has 0 spiro atoms. The molecule has 0 aliphatic heterocycles.